The average molecular weight is 381 g/mol. The van der Waals surface area contributed by atoms with Crippen LogP contribution in [0.25, 0.3) is 0 Å². The van der Waals surface area contributed by atoms with E-state index in [0.717, 1.165) is 30.6 Å². The summed E-state index contributed by atoms with van der Waals surface area (Å²) in [6, 6.07) is 25.8. The number of hydrogen-bond acceptors (Lipinski definition) is 3. The van der Waals surface area contributed by atoms with Crippen LogP contribution in [0, 0.1) is 0 Å². The van der Waals surface area contributed by atoms with Gasteiger partial charge in [-0.2, -0.15) is 0 Å². The molecule has 3 rings (SSSR count). The minimum absolute atomic E-state index is 0.416. The zero-order chi connectivity index (χ0) is 19.1. The first-order chi connectivity index (χ1) is 13.1. The number of methoxy groups -OCH3 is 1. The van der Waals surface area contributed by atoms with E-state index in [1.54, 1.807) is 7.11 Å². The summed E-state index contributed by atoms with van der Waals surface area (Å²) in [5.74, 6) is 0.847. The molecule has 0 saturated heterocycles. The van der Waals surface area contributed by atoms with Crippen LogP contribution in [0.5, 0.6) is 5.75 Å². The summed E-state index contributed by atoms with van der Waals surface area (Å²) in [6.45, 7) is 0. The van der Waals surface area contributed by atoms with Crippen LogP contribution in [0.2, 0.25) is 0 Å². The van der Waals surface area contributed by atoms with E-state index >= 15 is 0 Å². The largest absolute Gasteiger partial charge is 0.497 e. The second kappa shape index (κ2) is 9.14. The Morgan fingerprint density at radius 1 is 0.741 bits per heavy atom. The molecule has 27 heavy (non-hydrogen) atoms. The summed E-state index contributed by atoms with van der Waals surface area (Å²) >= 11 is 0. The summed E-state index contributed by atoms with van der Waals surface area (Å²) in [5.41, 5.74) is 3.57. The molecule has 140 valence electrons. The molecule has 2 N–H and O–H groups in total. The van der Waals surface area contributed by atoms with Crippen LogP contribution in [0.1, 0.15) is 23.1 Å². The van der Waals surface area contributed by atoms with Crippen LogP contribution < -0.4 is 10.0 Å². The minimum Gasteiger partial charge on any atom is -0.497 e. The van der Waals surface area contributed by atoms with Gasteiger partial charge in [-0.25, -0.2) is 9.79 Å². The molecule has 0 radical (unpaired) electrons. The highest BCUT2D eigenvalue weighted by Crippen LogP contribution is 2.49. The van der Waals surface area contributed by atoms with Crippen molar-refractivity contribution in [2.75, 3.05) is 13.3 Å². The second-order valence-corrected chi connectivity index (χ2v) is 9.16. The Kier molecular flexibility index (Phi) is 6.63. The summed E-state index contributed by atoms with van der Waals surface area (Å²) < 4.78 is 5.18. The first-order valence-corrected chi connectivity index (χ1v) is 11.0. The van der Waals surface area contributed by atoms with E-state index in [4.69, 9.17) is 4.74 Å². The number of hydrogen-bond donors (Lipinski definition) is 2. The fraction of sp³-hybridized carbons (Fsp3) is 0.217. The zero-order valence-corrected chi connectivity index (χ0v) is 16.5. The normalized spacial score (nSPS) is 11.4. The standard InChI is InChI=1S/C23H26O3P/c1-26-22-13-9-20(10-14-22)18-21-11-15-23(16-12-21)27(24,25)17-5-8-19-6-3-2-4-7-19/h2-4,6-7,9-16,24-25H,5,8,17-18H2,1H3/q+1. The lowest BCUT2D eigenvalue weighted by molar-refractivity contribution is 0.414. The van der Waals surface area contributed by atoms with E-state index in [1.165, 1.54) is 11.1 Å². The number of rotatable bonds is 8. The van der Waals surface area contributed by atoms with E-state index in [9.17, 15) is 9.79 Å². The van der Waals surface area contributed by atoms with Crippen molar-refractivity contribution < 1.29 is 14.5 Å². The average Bonchev–Trinajstić information content (AvgIpc) is 2.70. The van der Waals surface area contributed by atoms with Crippen LogP contribution in [0.15, 0.2) is 78.9 Å². The van der Waals surface area contributed by atoms with Crippen LogP contribution in [-0.2, 0) is 12.8 Å². The van der Waals surface area contributed by atoms with Crippen molar-refractivity contribution in [3.05, 3.63) is 95.6 Å². The molecule has 0 atom stereocenters. The molecular formula is C23H26O3P+. The molecule has 0 aromatic heterocycles. The van der Waals surface area contributed by atoms with Gasteiger partial charge in [0.2, 0.25) is 0 Å². The highest BCUT2D eigenvalue weighted by Gasteiger charge is 2.35. The third kappa shape index (κ3) is 5.64. The Bertz CT molecular complexity index is 828. The third-order valence-corrected chi connectivity index (χ3v) is 6.76. The highest BCUT2D eigenvalue weighted by atomic mass is 31.2. The fourth-order valence-corrected chi connectivity index (χ4v) is 4.59. The lowest BCUT2D eigenvalue weighted by Crippen LogP contribution is -2.14. The van der Waals surface area contributed by atoms with Crippen molar-refractivity contribution in [3.63, 3.8) is 0 Å². The van der Waals surface area contributed by atoms with Gasteiger partial charge in [0, 0.05) is 0 Å². The van der Waals surface area contributed by atoms with E-state index in [-0.39, 0.29) is 0 Å². The van der Waals surface area contributed by atoms with Crippen molar-refractivity contribution >= 4 is 13.0 Å². The van der Waals surface area contributed by atoms with Crippen molar-refractivity contribution in [2.24, 2.45) is 0 Å². The van der Waals surface area contributed by atoms with Gasteiger partial charge in [0.25, 0.3) is 7.72 Å². The van der Waals surface area contributed by atoms with Crippen LogP contribution >= 0.6 is 7.72 Å². The van der Waals surface area contributed by atoms with Gasteiger partial charge >= 0.3 is 0 Å². The maximum atomic E-state index is 10.6. The first-order valence-electron chi connectivity index (χ1n) is 9.17. The maximum Gasteiger partial charge on any atom is 0.299 e. The van der Waals surface area contributed by atoms with Gasteiger partial charge in [-0.05, 0) is 60.2 Å². The molecule has 0 bridgehead atoms. The van der Waals surface area contributed by atoms with Gasteiger partial charge in [-0.1, -0.05) is 54.6 Å². The number of benzene rings is 3. The van der Waals surface area contributed by atoms with Gasteiger partial charge in [0.05, 0.1) is 7.11 Å². The molecule has 0 aliphatic heterocycles. The Morgan fingerprint density at radius 3 is 1.93 bits per heavy atom. The fourth-order valence-electron chi connectivity index (χ4n) is 3.11. The molecule has 0 saturated carbocycles. The molecule has 0 aliphatic rings. The van der Waals surface area contributed by atoms with Crippen LogP contribution in [-0.4, -0.2) is 23.1 Å². The van der Waals surface area contributed by atoms with Crippen molar-refractivity contribution in [3.8, 4) is 5.75 Å². The molecule has 0 fully saturated rings. The van der Waals surface area contributed by atoms with Gasteiger partial charge in [0.1, 0.15) is 11.9 Å². The van der Waals surface area contributed by atoms with E-state index in [1.807, 2.05) is 66.7 Å². The van der Waals surface area contributed by atoms with Crippen molar-refractivity contribution in [2.45, 2.75) is 19.3 Å². The minimum atomic E-state index is -3.06. The van der Waals surface area contributed by atoms with E-state index in [0.29, 0.717) is 11.5 Å². The molecule has 3 nitrogen and oxygen atoms in total. The summed E-state index contributed by atoms with van der Waals surface area (Å²) in [6.07, 6.45) is 2.85. The summed E-state index contributed by atoms with van der Waals surface area (Å²) in [4.78, 5) is 21.1. The van der Waals surface area contributed by atoms with Gasteiger partial charge < -0.3 is 4.74 Å². The van der Waals surface area contributed by atoms with Crippen molar-refractivity contribution in [1.29, 1.82) is 0 Å². The second-order valence-electron chi connectivity index (χ2n) is 6.73. The molecule has 0 unspecified atom stereocenters. The molecule has 4 heteroatoms. The quantitative estimate of drug-likeness (QED) is 0.570. The summed E-state index contributed by atoms with van der Waals surface area (Å²) in [5, 5.41) is 0.647. The predicted molar refractivity (Wildman–Crippen MR) is 113 cm³/mol. The van der Waals surface area contributed by atoms with Crippen molar-refractivity contribution in [1.82, 2.24) is 0 Å². The molecule has 0 spiro atoms. The maximum absolute atomic E-state index is 10.6. The predicted octanol–water partition coefficient (Wildman–Crippen LogP) is 4.38. The SMILES string of the molecule is COc1ccc(Cc2ccc([P+](O)(O)CCCc3ccccc3)cc2)cc1. The molecule has 0 aliphatic carbocycles. The molecular weight excluding hydrogens is 355 g/mol. The first kappa shape index (κ1) is 19.6. The lowest BCUT2D eigenvalue weighted by atomic mass is 10.1. The van der Waals surface area contributed by atoms with Crippen LogP contribution in [0.3, 0.4) is 0 Å². The monoisotopic (exact) mass is 381 g/mol. The zero-order valence-electron chi connectivity index (χ0n) is 15.6. The van der Waals surface area contributed by atoms with E-state index in [2.05, 4.69) is 12.1 Å². The third-order valence-electron chi connectivity index (χ3n) is 4.70. The van der Waals surface area contributed by atoms with Gasteiger partial charge in [0.15, 0.2) is 5.30 Å². The van der Waals surface area contributed by atoms with Crippen LogP contribution in [0.4, 0.5) is 0 Å². The molecule has 3 aromatic carbocycles. The molecule has 0 amide bonds. The number of ether oxygens (including phenoxy) is 1. The Morgan fingerprint density at radius 2 is 1.33 bits per heavy atom. The summed E-state index contributed by atoms with van der Waals surface area (Å²) in [7, 11) is -1.40. The smallest absolute Gasteiger partial charge is 0.299 e. The molecule has 0 heterocycles. The molecule has 3 aromatic rings. The van der Waals surface area contributed by atoms with Gasteiger partial charge in [-0.15, -0.1) is 0 Å². The Hall–Kier alpha value is -2.19. The Balaban J connectivity index is 1.57. The van der Waals surface area contributed by atoms with Gasteiger partial charge in [-0.3, -0.25) is 0 Å². The lowest BCUT2D eigenvalue weighted by Gasteiger charge is -2.13. The topological polar surface area (TPSA) is 49.7 Å². The number of aryl methyl sites for hydroxylation is 1. The Labute approximate surface area is 161 Å². The highest BCUT2D eigenvalue weighted by molar-refractivity contribution is 7.72. The van der Waals surface area contributed by atoms with E-state index < -0.39 is 7.72 Å².